The van der Waals surface area contributed by atoms with Gasteiger partial charge in [-0.25, -0.2) is 0 Å². The van der Waals surface area contributed by atoms with Gasteiger partial charge in [-0.2, -0.15) is 0 Å². The number of methoxy groups -OCH3 is 1. The fourth-order valence-corrected chi connectivity index (χ4v) is 1.91. The Morgan fingerprint density at radius 1 is 1.40 bits per heavy atom. The topological polar surface area (TPSA) is 38.3 Å². The maximum atomic E-state index is 11.8. The van der Waals surface area contributed by atoms with Gasteiger partial charge in [-0.3, -0.25) is 4.79 Å². The lowest BCUT2D eigenvalue weighted by Gasteiger charge is -2.32. The Hall–Kier alpha value is -0.570. The zero-order chi connectivity index (χ0) is 11.9. The smallest absolute Gasteiger partial charge is 0.326 e. The second kappa shape index (κ2) is 6.83. The molecule has 0 saturated carbocycles. The van der Waals surface area contributed by atoms with Crippen LogP contribution in [0.5, 0.6) is 0 Å². The number of carbonyl (C=O) groups excluding carboxylic acids is 1. The predicted molar refractivity (Wildman–Crippen MR) is 62.8 cm³/mol. The van der Waals surface area contributed by atoms with Crippen LogP contribution in [0.2, 0.25) is 0 Å². The molecular weight excluding hydrogens is 190 g/mol. The van der Waals surface area contributed by atoms with Crippen LogP contribution in [0.1, 0.15) is 47.0 Å². The second-order valence-electron chi connectivity index (χ2n) is 4.18. The summed E-state index contributed by atoms with van der Waals surface area (Å²) in [4.78, 5) is 11.8. The largest absolute Gasteiger partial charge is 0.468 e. The van der Waals surface area contributed by atoms with Crippen LogP contribution >= 0.6 is 0 Å². The lowest BCUT2D eigenvalue weighted by atomic mass is 9.84. The van der Waals surface area contributed by atoms with Crippen LogP contribution in [0.25, 0.3) is 0 Å². The molecule has 3 nitrogen and oxygen atoms in total. The Balaban J connectivity index is 4.71. The molecule has 0 bridgehead atoms. The molecule has 2 unspecified atom stereocenters. The molecule has 0 aromatic carbocycles. The molecule has 2 atom stereocenters. The Morgan fingerprint density at radius 2 is 2.00 bits per heavy atom. The van der Waals surface area contributed by atoms with E-state index < -0.39 is 5.54 Å². The van der Waals surface area contributed by atoms with Crippen molar-refractivity contribution < 1.29 is 9.53 Å². The molecule has 0 aliphatic heterocycles. The molecule has 90 valence electrons. The number of nitrogens with one attached hydrogen (secondary N) is 1. The normalized spacial score (nSPS) is 16.9. The van der Waals surface area contributed by atoms with Gasteiger partial charge in [0.05, 0.1) is 7.11 Å². The molecule has 15 heavy (non-hydrogen) atoms. The Kier molecular flexibility index (Phi) is 6.57. The number of esters is 1. The van der Waals surface area contributed by atoms with E-state index in [1.807, 2.05) is 13.8 Å². The number of carbonyl (C=O) groups is 1. The fourth-order valence-electron chi connectivity index (χ4n) is 1.91. The van der Waals surface area contributed by atoms with E-state index in [2.05, 4.69) is 19.2 Å². The van der Waals surface area contributed by atoms with Gasteiger partial charge in [-0.15, -0.1) is 0 Å². The van der Waals surface area contributed by atoms with Crippen LogP contribution in [-0.2, 0) is 9.53 Å². The third kappa shape index (κ3) is 3.82. The number of hydrogen-bond donors (Lipinski definition) is 1. The summed E-state index contributed by atoms with van der Waals surface area (Å²) in [6.07, 6.45) is 2.71. The van der Waals surface area contributed by atoms with Crippen LogP contribution in [0.3, 0.4) is 0 Å². The van der Waals surface area contributed by atoms with Crippen molar-refractivity contribution in [3.63, 3.8) is 0 Å². The van der Waals surface area contributed by atoms with E-state index in [-0.39, 0.29) is 5.97 Å². The fraction of sp³-hybridized carbons (Fsp3) is 0.917. The molecule has 1 N–H and O–H groups in total. The molecule has 0 radical (unpaired) electrons. The third-order valence-electron chi connectivity index (χ3n) is 3.09. The van der Waals surface area contributed by atoms with Gasteiger partial charge in [0.1, 0.15) is 5.54 Å². The van der Waals surface area contributed by atoms with Crippen molar-refractivity contribution in [1.82, 2.24) is 5.32 Å². The zero-order valence-corrected chi connectivity index (χ0v) is 10.7. The zero-order valence-electron chi connectivity index (χ0n) is 10.7. The number of rotatable bonds is 7. The molecule has 0 aliphatic carbocycles. The summed E-state index contributed by atoms with van der Waals surface area (Å²) < 4.78 is 4.90. The van der Waals surface area contributed by atoms with Crippen molar-refractivity contribution >= 4 is 5.97 Å². The highest BCUT2D eigenvalue weighted by Crippen LogP contribution is 2.24. The highest BCUT2D eigenvalue weighted by atomic mass is 16.5. The van der Waals surface area contributed by atoms with E-state index in [9.17, 15) is 4.79 Å². The van der Waals surface area contributed by atoms with Crippen molar-refractivity contribution in [3.05, 3.63) is 0 Å². The average Bonchev–Trinajstić information content (AvgIpc) is 2.26. The molecule has 0 amide bonds. The van der Waals surface area contributed by atoms with E-state index in [1.165, 1.54) is 7.11 Å². The lowest BCUT2D eigenvalue weighted by molar-refractivity contribution is -0.149. The Bertz CT molecular complexity index is 194. The highest BCUT2D eigenvalue weighted by Gasteiger charge is 2.37. The van der Waals surface area contributed by atoms with Gasteiger partial charge in [0.25, 0.3) is 0 Å². The van der Waals surface area contributed by atoms with Gasteiger partial charge in [-0.05, 0) is 25.3 Å². The first-order chi connectivity index (χ1) is 7.06. The first-order valence-electron chi connectivity index (χ1n) is 5.89. The first kappa shape index (κ1) is 14.4. The highest BCUT2D eigenvalue weighted by molar-refractivity contribution is 5.80. The number of ether oxygens (including phenoxy) is 1. The van der Waals surface area contributed by atoms with Crippen LogP contribution in [0.4, 0.5) is 0 Å². The van der Waals surface area contributed by atoms with E-state index >= 15 is 0 Å². The molecule has 0 rings (SSSR count). The number of likely N-dealkylation sites (N-methyl/N-ethyl adjacent to an activating group) is 1. The molecular formula is C12H25NO2. The van der Waals surface area contributed by atoms with Crippen LogP contribution in [0, 0.1) is 5.92 Å². The molecule has 3 heteroatoms. The van der Waals surface area contributed by atoms with Crippen molar-refractivity contribution in [3.8, 4) is 0 Å². The maximum absolute atomic E-state index is 11.8. The average molecular weight is 215 g/mol. The quantitative estimate of drug-likeness (QED) is 0.662. The second-order valence-corrected chi connectivity index (χ2v) is 4.18. The summed E-state index contributed by atoms with van der Waals surface area (Å²) >= 11 is 0. The van der Waals surface area contributed by atoms with Crippen molar-refractivity contribution in [2.45, 2.75) is 52.5 Å². The maximum Gasteiger partial charge on any atom is 0.326 e. The van der Waals surface area contributed by atoms with Crippen molar-refractivity contribution in [2.75, 3.05) is 13.7 Å². The molecule has 0 aromatic heterocycles. The predicted octanol–water partition coefficient (Wildman–Crippen LogP) is 2.35. The van der Waals surface area contributed by atoms with Gasteiger partial charge in [0.15, 0.2) is 0 Å². The monoisotopic (exact) mass is 215 g/mol. The van der Waals surface area contributed by atoms with E-state index in [0.717, 1.165) is 25.8 Å². The van der Waals surface area contributed by atoms with E-state index in [4.69, 9.17) is 4.74 Å². The summed E-state index contributed by atoms with van der Waals surface area (Å²) in [5, 5.41) is 3.29. The third-order valence-corrected chi connectivity index (χ3v) is 3.09. The molecule has 0 aliphatic rings. The minimum Gasteiger partial charge on any atom is -0.468 e. The lowest BCUT2D eigenvalue weighted by Crippen LogP contribution is -2.53. The van der Waals surface area contributed by atoms with E-state index in [1.54, 1.807) is 0 Å². The molecule has 0 heterocycles. The van der Waals surface area contributed by atoms with Crippen molar-refractivity contribution in [2.24, 2.45) is 5.92 Å². The van der Waals surface area contributed by atoms with Crippen LogP contribution in [0.15, 0.2) is 0 Å². The summed E-state index contributed by atoms with van der Waals surface area (Å²) in [5.74, 6) is 0.398. The summed E-state index contributed by atoms with van der Waals surface area (Å²) in [6.45, 7) is 9.16. The molecule has 0 fully saturated rings. The SMILES string of the molecule is CCNC(CC)(CC(C)CC)C(=O)OC. The summed E-state index contributed by atoms with van der Waals surface area (Å²) in [6, 6.07) is 0. The Labute approximate surface area is 93.6 Å². The minimum atomic E-state index is -0.487. The molecule has 0 saturated heterocycles. The summed E-state index contributed by atoms with van der Waals surface area (Å²) in [7, 11) is 1.46. The van der Waals surface area contributed by atoms with E-state index in [0.29, 0.717) is 5.92 Å². The van der Waals surface area contributed by atoms with Crippen molar-refractivity contribution in [1.29, 1.82) is 0 Å². The van der Waals surface area contributed by atoms with Gasteiger partial charge in [-0.1, -0.05) is 34.1 Å². The van der Waals surface area contributed by atoms with Gasteiger partial charge >= 0.3 is 5.97 Å². The van der Waals surface area contributed by atoms with Gasteiger partial charge in [0, 0.05) is 0 Å². The first-order valence-corrected chi connectivity index (χ1v) is 5.89. The molecule has 0 spiro atoms. The minimum absolute atomic E-state index is 0.132. The summed E-state index contributed by atoms with van der Waals surface area (Å²) in [5.41, 5.74) is -0.487. The molecule has 0 aromatic rings. The van der Waals surface area contributed by atoms with Gasteiger partial charge in [0.2, 0.25) is 0 Å². The van der Waals surface area contributed by atoms with Gasteiger partial charge < -0.3 is 10.1 Å². The van der Waals surface area contributed by atoms with Crippen LogP contribution in [-0.4, -0.2) is 25.2 Å². The number of hydrogen-bond acceptors (Lipinski definition) is 3. The Morgan fingerprint density at radius 3 is 2.33 bits per heavy atom. The van der Waals surface area contributed by atoms with Crippen LogP contribution < -0.4 is 5.32 Å². The standard InChI is InChI=1S/C12H25NO2/c1-6-10(4)9-12(7-2,13-8-3)11(14)15-5/h10,13H,6-9H2,1-5H3.